The summed E-state index contributed by atoms with van der Waals surface area (Å²) in [6.45, 7) is 0.174. The number of esters is 1. The number of benzene rings is 2. The zero-order valence-corrected chi connectivity index (χ0v) is 11.9. The summed E-state index contributed by atoms with van der Waals surface area (Å²) in [5.74, 6) is 0.344. The predicted molar refractivity (Wildman–Crippen MR) is 81.2 cm³/mol. The number of anilines is 2. The summed E-state index contributed by atoms with van der Waals surface area (Å²) in [6.07, 6.45) is 0. The predicted octanol–water partition coefficient (Wildman–Crippen LogP) is 3.01. The van der Waals surface area contributed by atoms with Gasteiger partial charge in [0.25, 0.3) is 0 Å². The molecule has 0 bridgehead atoms. The van der Waals surface area contributed by atoms with Crippen LogP contribution >= 0.6 is 0 Å². The van der Waals surface area contributed by atoms with E-state index < -0.39 is 6.03 Å². The molecule has 0 aromatic heterocycles. The molecular formula is C16H14N2O4. The minimum atomic E-state index is -0.391. The Balaban J connectivity index is 1.71. The van der Waals surface area contributed by atoms with Crippen molar-refractivity contribution in [3.63, 3.8) is 0 Å². The number of hydrogen-bond donors (Lipinski definition) is 2. The second-order valence-corrected chi connectivity index (χ2v) is 4.72. The number of fused-ring (bicyclic) bond motifs is 1. The number of amides is 2. The fraction of sp³-hybridized carbons (Fsp3) is 0.125. The monoisotopic (exact) mass is 298 g/mol. The average molecular weight is 298 g/mol. The van der Waals surface area contributed by atoms with Gasteiger partial charge in [0, 0.05) is 16.9 Å². The number of hydrogen-bond acceptors (Lipinski definition) is 4. The van der Waals surface area contributed by atoms with Crippen LogP contribution in [0.5, 0.6) is 5.75 Å². The Morgan fingerprint density at radius 3 is 2.64 bits per heavy atom. The Morgan fingerprint density at radius 2 is 1.91 bits per heavy atom. The Kier molecular flexibility index (Phi) is 3.65. The van der Waals surface area contributed by atoms with Gasteiger partial charge in [0.1, 0.15) is 12.4 Å². The quantitative estimate of drug-likeness (QED) is 0.854. The molecule has 2 N–H and O–H groups in total. The van der Waals surface area contributed by atoms with Crippen molar-refractivity contribution in [1.29, 1.82) is 0 Å². The highest BCUT2D eigenvalue weighted by Crippen LogP contribution is 2.27. The van der Waals surface area contributed by atoms with E-state index in [-0.39, 0.29) is 12.6 Å². The van der Waals surface area contributed by atoms with E-state index in [1.165, 1.54) is 0 Å². The molecule has 0 saturated heterocycles. The van der Waals surface area contributed by atoms with Crippen molar-refractivity contribution >= 4 is 23.4 Å². The van der Waals surface area contributed by atoms with Crippen LogP contribution < -0.4 is 15.4 Å². The van der Waals surface area contributed by atoms with Gasteiger partial charge < -0.3 is 20.1 Å². The molecule has 1 aliphatic rings. The first kappa shape index (κ1) is 13.9. The molecule has 112 valence electrons. The van der Waals surface area contributed by atoms with Crippen LogP contribution in [-0.2, 0) is 11.3 Å². The standard InChI is InChI=1S/C16H14N2O4/c1-21-11-7-5-10(6-8-11)17-16(20)18-14-4-2-3-12-13(14)9-22-15(12)19/h2-8H,9H2,1H3,(H2,17,18,20). The summed E-state index contributed by atoms with van der Waals surface area (Å²) in [5.41, 5.74) is 2.38. The third-order valence-corrected chi connectivity index (χ3v) is 3.34. The lowest BCUT2D eigenvalue weighted by Gasteiger charge is -2.10. The van der Waals surface area contributed by atoms with Crippen LogP contribution in [0.15, 0.2) is 42.5 Å². The average Bonchev–Trinajstić information content (AvgIpc) is 2.91. The number of rotatable bonds is 3. The molecule has 0 aliphatic carbocycles. The highest BCUT2D eigenvalue weighted by atomic mass is 16.5. The lowest BCUT2D eigenvalue weighted by molar-refractivity contribution is 0.0535. The molecule has 22 heavy (non-hydrogen) atoms. The van der Waals surface area contributed by atoms with E-state index in [2.05, 4.69) is 10.6 Å². The number of carbonyl (C=O) groups excluding carboxylic acids is 2. The summed E-state index contributed by atoms with van der Waals surface area (Å²) in [4.78, 5) is 23.5. The van der Waals surface area contributed by atoms with E-state index >= 15 is 0 Å². The molecule has 2 amide bonds. The largest absolute Gasteiger partial charge is 0.497 e. The molecule has 0 saturated carbocycles. The summed E-state index contributed by atoms with van der Waals surface area (Å²) < 4.78 is 10.0. The molecule has 6 nitrogen and oxygen atoms in total. The third-order valence-electron chi connectivity index (χ3n) is 3.34. The van der Waals surface area contributed by atoms with Crippen LogP contribution in [0.3, 0.4) is 0 Å². The lowest BCUT2D eigenvalue weighted by Crippen LogP contribution is -2.20. The highest BCUT2D eigenvalue weighted by Gasteiger charge is 2.24. The maximum atomic E-state index is 12.0. The number of nitrogens with one attached hydrogen (secondary N) is 2. The van der Waals surface area contributed by atoms with Crippen LogP contribution in [0.2, 0.25) is 0 Å². The topological polar surface area (TPSA) is 76.7 Å². The van der Waals surface area contributed by atoms with Gasteiger partial charge in [-0.25, -0.2) is 9.59 Å². The van der Waals surface area contributed by atoms with Gasteiger partial charge in [-0.1, -0.05) is 6.07 Å². The van der Waals surface area contributed by atoms with E-state index in [0.29, 0.717) is 28.3 Å². The Hall–Kier alpha value is -3.02. The number of urea groups is 1. The smallest absolute Gasteiger partial charge is 0.338 e. The minimum Gasteiger partial charge on any atom is -0.497 e. The first-order valence-corrected chi connectivity index (χ1v) is 6.68. The van der Waals surface area contributed by atoms with E-state index in [9.17, 15) is 9.59 Å². The maximum absolute atomic E-state index is 12.0. The molecule has 0 radical (unpaired) electrons. The van der Waals surface area contributed by atoms with Crippen LogP contribution in [0.4, 0.5) is 16.2 Å². The molecule has 1 aliphatic heterocycles. The molecule has 1 heterocycles. The second-order valence-electron chi connectivity index (χ2n) is 4.72. The molecule has 6 heteroatoms. The molecular weight excluding hydrogens is 284 g/mol. The number of carbonyl (C=O) groups is 2. The van der Waals surface area contributed by atoms with Crippen LogP contribution in [0.25, 0.3) is 0 Å². The van der Waals surface area contributed by atoms with E-state index in [1.807, 2.05) is 0 Å². The number of ether oxygens (including phenoxy) is 2. The van der Waals surface area contributed by atoms with Crippen LogP contribution in [0.1, 0.15) is 15.9 Å². The number of cyclic esters (lactones) is 1. The number of methoxy groups -OCH3 is 1. The third kappa shape index (κ3) is 2.71. The Bertz CT molecular complexity index is 725. The van der Waals surface area contributed by atoms with Crippen LogP contribution in [0, 0.1) is 0 Å². The van der Waals surface area contributed by atoms with Gasteiger partial charge in [-0.3, -0.25) is 0 Å². The first-order valence-electron chi connectivity index (χ1n) is 6.68. The van der Waals surface area contributed by atoms with E-state index in [1.54, 1.807) is 49.6 Å². The fourth-order valence-corrected chi connectivity index (χ4v) is 2.23. The maximum Gasteiger partial charge on any atom is 0.338 e. The molecule has 3 rings (SSSR count). The van der Waals surface area contributed by atoms with Gasteiger partial charge in [0.15, 0.2) is 0 Å². The van der Waals surface area contributed by atoms with Gasteiger partial charge in [0.05, 0.1) is 12.7 Å². The molecule has 0 fully saturated rings. The SMILES string of the molecule is COc1ccc(NC(=O)Nc2cccc3c2COC3=O)cc1. The first-order chi connectivity index (χ1) is 10.7. The molecule has 0 atom stereocenters. The summed E-state index contributed by atoms with van der Waals surface area (Å²) in [7, 11) is 1.58. The molecule has 0 unspecified atom stereocenters. The highest BCUT2D eigenvalue weighted by molar-refractivity contribution is 6.02. The van der Waals surface area contributed by atoms with Gasteiger partial charge in [-0.2, -0.15) is 0 Å². The van der Waals surface area contributed by atoms with Crippen molar-refractivity contribution in [2.24, 2.45) is 0 Å². The summed E-state index contributed by atoms with van der Waals surface area (Å²) in [6, 6.07) is 11.7. The summed E-state index contributed by atoms with van der Waals surface area (Å²) in [5, 5.41) is 5.44. The Labute approximate surface area is 127 Å². The van der Waals surface area contributed by atoms with Gasteiger partial charge in [-0.05, 0) is 36.4 Å². The van der Waals surface area contributed by atoms with Gasteiger partial charge in [-0.15, -0.1) is 0 Å². The summed E-state index contributed by atoms with van der Waals surface area (Å²) >= 11 is 0. The van der Waals surface area contributed by atoms with Crippen molar-refractivity contribution in [3.8, 4) is 5.75 Å². The van der Waals surface area contributed by atoms with Gasteiger partial charge in [0.2, 0.25) is 0 Å². The van der Waals surface area contributed by atoms with Crippen molar-refractivity contribution in [3.05, 3.63) is 53.6 Å². The normalized spacial score (nSPS) is 12.3. The van der Waals surface area contributed by atoms with Crippen molar-refractivity contribution in [1.82, 2.24) is 0 Å². The zero-order chi connectivity index (χ0) is 15.5. The molecule has 2 aromatic carbocycles. The van der Waals surface area contributed by atoms with Gasteiger partial charge >= 0.3 is 12.0 Å². The van der Waals surface area contributed by atoms with E-state index in [0.717, 1.165) is 0 Å². The van der Waals surface area contributed by atoms with Crippen molar-refractivity contribution in [2.75, 3.05) is 17.7 Å². The van der Waals surface area contributed by atoms with Crippen LogP contribution in [-0.4, -0.2) is 19.1 Å². The minimum absolute atomic E-state index is 0.174. The van der Waals surface area contributed by atoms with Crippen molar-refractivity contribution < 1.29 is 19.1 Å². The molecule has 2 aromatic rings. The van der Waals surface area contributed by atoms with Crippen molar-refractivity contribution in [2.45, 2.75) is 6.61 Å². The second kappa shape index (κ2) is 5.77. The fourth-order valence-electron chi connectivity index (χ4n) is 2.23. The molecule has 0 spiro atoms. The van der Waals surface area contributed by atoms with E-state index in [4.69, 9.17) is 9.47 Å². The Morgan fingerprint density at radius 1 is 1.14 bits per heavy atom. The zero-order valence-electron chi connectivity index (χ0n) is 11.9. The lowest BCUT2D eigenvalue weighted by atomic mass is 10.1.